The predicted molar refractivity (Wildman–Crippen MR) is 44.7 cm³/mol. The molecule has 0 spiro atoms. The van der Waals surface area contributed by atoms with Crippen molar-refractivity contribution in [1.29, 1.82) is 0 Å². The van der Waals surface area contributed by atoms with E-state index in [0.717, 1.165) is 0 Å². The highest BCUT2D eigenvalue weighted by Crippen LogP contribution is 1.89. The van der Waals surface area contributed by atoms with Gasteiger partial charge in [-0.05, 0) is 6.92 Å². The van der Waals surface area contributed by atoms with Crippen molar-refractivity contribution in [2.24, 2.45) is 0 Å². The van der Waals surface area contributed by atoms with Crippen molar-refractivity contribution in [3.05, 3.63) is 0 Å². The fourth-order valence-corrected chi connectivity index (χ4v) is 0.253. The lowest BCUT2D eigenvalue weighted by atomic mass is 10.3. The van der Waals surface area contributed by atoms with E-state index in [0.29, 0.717) is 0 Å². The highest BCUT2D eigenvalue weighted by atomic mass is 16.4. The summed E-state index contributed by atoms with van der Waals surface area (Å²) in [6, 6.07) is 0. The second-order valence-corrected chi connectivity index (χ2v) is 2.48. The Hall–Kier alpha value is -1.18. The van der Waals surface area contributed by atoms with Crippen molar-refractivity contribution in [2.75, 3.05) is 6.61 Å². The maximum absolute atomic E-state index is 9.72. The van der Waals surface area contributed by atoms with E-state index in [1.807, 2.05) is 0 Å². The molecule has 7 heteroatoms. The van der Waals surface area contributed by atoms with Gasteiger partial charge in [0, 0.05) is 0 Å². The molecule has 0 heterocycles. The van der Waals surface area contributed by atoms with Crippen molar-refractivity contribution in [2.45, 2.75) is 25.6 Å². The number of rotatable bonds is 4. The first kappa shape index (κ1) is 15.3. The van der Waals surface area contributed by atoms with E-state index in [9.17, 15) is 9.59 Å². The molecule has 0 radical (unpaired) electrons. The van der Waals surface area contributed by atoms with Crippen molar-refractivity contribution in [1.82, 2.24) is 0 Å². The molecule has 0 aromatic heterocycles. The number of carboxylic acids is 2. The van der Waals surface area contributed by atoms with Crippen LogP contribution in [-0.4, -0.2) is 56.3 Å². The van der Waals surface area contributed by atoms with Gasteiger partial charge in [-0.25, -0.2) is 4.79 Å². The molecular weight excluding hydrogens is 196 g/mol. The average Bonchev–Trinajstić information content (AvgIpc) is 2.04. The number of aliphatic hydroxyl groups excluding tert-OH is 3. The maximum atomic E-state index is 9.72. The zero-order chi connectivity index (χ0) is 11.7. The Bertz CT molecular complexity index is 177. The summed E-state index contributed by atoms with van der Waals surface area (Å²) < 4.78 is 0. The summed E-state index contributed by atoms with van der Waals surface area (Å²) in [6.45, 7) is 1.39. The topological polar surface area (TPSA) is 135 Å². The van der Waals surface area contributed by atoms with E-state index in [-0.39, 0.29) is 6.61 Å². The summed E-state index contributed by atoms with van der Waals surface area (Å²) in [5.41, 5.74) is 0. The minimum absolute atomic E-state index is 0.139. The first-order valence-electron chi connectivity index (χ1n) is 3.72. The zero-order valence-corrected chi connectivity index (χ0v) is 7.62. The quantitative estimate of drug-likeness (QED) is 0.372. The number of aliphatic hydroxyl groups is 3. The number of carboxylic acid groups (broad SMARTS) is 2. The van der Waals surface area contributed by atoms with Crippen LogP contribution in [0.3, 0.4) is 0 Å². The molecule has 14 heavy (non-hydrogen) atoms. The molecule has 0 rings (SSSR count). The first-order valence-corrected chi connectivity index (χ1v) is 3.72. The monoisotopic (exact) mass is 210 g/mol. The lowest BCUT2D eigenvalue weighted by Gasteiger charge is -1.97. The Morgan fingerprint density at radius 1 is 1.21 bits per heavy atom. The lowest BCUT2D eigenvalue weighted by Crippen LogP contribution is -2.22. The Morgan fingerprint density at radius 2 is 1.57 bits per heavy atom. The van der Waals surface area contributed by atoms with E-state index in [1.165, 1.54) is 6.92 Å². The molecule has 5 N–H and O–H groups in total. The van der Waals surface area contributed by atoms with Crippen LogP contribution in [0.2, 0.25) is 0 Å². The van der Waals surface area contributed by atoms with Gasteiger partial charge in [0.1, 0.15) is 0 Å². The third-order valence-electron chi connectivity index (χ3n) is 0.917. The average molecular weight is 210 g/mol. The van der Waals surface area contributed by atoms with Gasteiger partial charge in [0.05, 0.1) is 19.1 Å². The third kappa shape index (κ3) is 13.4. The summed E-state index contributed by atoms with van der Waals surface area (Å²) in [6.07, 6.45) is -3.10. The molecule has 2 atom stereocenters. The minimum atomic E-state index is -1.79. The standard InChI is InChI=1S/C4H6O5.C3H8O2/c5-2(4(8)9)1-3(6)7;1-3(5)2-4/h2,5H,1H2,(H,6,7)(H,8,9);3-5H,2H2,1H3. The highest BCUT2D eigenvalue weighted by molar-refractivity contribution is 5.79. The molecule has 0 saturated heterocycles. The van der Waals surface area contributed by atoms with E-state index in [4.69, 9.17) is 25.5 Å². The van der Waals surface area contributed by atoms with Gasteiger partial charge < -0.3 is 25.5 Å². The molecule has 84 valence electrons. The first-order chi connectivity index (χ1) is 6.31. The number of hydrogen-bond donors (Lipinski definition) is 5. The SMILES string of the molecule is CC(O)CO.O=C(O)CC(O)C(=O)O. The highest BCUT2D eigenvalue weighted by Gasteiger charge is 2.16. The molecule has 0 aromatic rings. The molecule has 2 unspecified atom stereocenters. The van der Waals surface area contributed by atoms with Crippen LogP contribution in [0.15, 0.2) is 0 Å². The molecule has 7 nitrogen and oxygen atoms in total. The summed E-state index contributed by atoms with van der Waals surface area (Å²) in [7, 11) is 0. The lowest BCUT2D eigenvalue weighted by molar-refractivity contribution is -0.152. The molecule has 0 aliphatic rings. The van der Waals surface area contributed by atoms with Gasteiger partial charge in [-0.1, -0.05) is 0 Å². The van der Waals surface area contributed by atoms with Gasteiger partial charge in [0.15, 0.2) is 6.10 Å². The Labute approximate surface area is 80.2 Å². The van der Waals surface area contributed by atoms with E-state index in [2.05, 4.69) is 0 Å². The van der Waals surface area contributed by atoms with Crippen LogP contribution in [0.25, 0.3) is 0 Å². The Morgan fingerprint density at radius 3 is 1.64 bits per heavy atom. The van der Waals surface area contributed by atoms with Gasteiger partial charge in [0.2, 0.25) is 0 Å². The van der Waals surface area contributed by atoms with Crippen LogP contribution in [0.1, 0.15) is 13.3 Å². The largest absolute Gasteiger partial charge is 0.481 e. The zero-order valence-electron chi connectivity index (χ0n) is 7.62. The summed E-state index contributed by atoms with van der Waals surface area (Å²) in [5.74, 6) is -2.85. The fourth-order valence-electron chi connectivity index (χ4n) is 0.253. The molecule has 0 fully saturated rings. The second-order valence-electron chi connectivity index (χ2n) is 2.48. The van der Waals surface area contributed by atoms with E-state index >= 15 is 0 Å². The van der Waals surface area contributed by atoms with Crippen molar-refractivity contribution >= 4 is 11.9 Å². The smallest absolute Gasteiger partial charge is 0.333 e. The maximum Gasteiger partial charge on any atom is 0.333 e. The van der Waals surface area contributed by atoms with Crippen molar-refractivity contribution in [3.8, 4) is 0 Å². The van der Waals surface area contributed by atoms with Gasteiger partial charge in [-0.2, -0.15) is 0 Å². The molecule has 0 aromatic carbocycles. The van der Waals surface area contributed by atoms with Crippen LogP contribution >= 0.6 is 0 Å². The molecule has 0 aliphatic carbocycles. The molecule has 0 amide bonds. The predicted octanol–water partition coefficient (Wildman–Crippen LogP) is -1.73. The molecular formula is C7H14O7. The molecule has 0 saturated carbocycles. The normalized spacial score (nSPS) is 13.4. The number of carbonyl (C=O) groups is 2. The number of hydrogen-bond acceptors (Lipinski definition) is 5. The van der Waals surface area contributed by atoms with Crippen LogP contribution in [0, 0.1) is 0 Å². The van der Waals surface area contributed by atoms with Crippen LogP contribution in [0.4, 0.5) is 0 Å². The summed E-state index contributed by atoms with van der Waals surface area (Å²) in [4.78, 5) is 19.4. The number of aliphatic carboxylic acids is 2. The Balaban J connectivity index is 0. The van der Waals surface area contributed by atoms with E-state index < -0.39 is 30.6 Å². The Kier molecular flexibility index (Phi) is 9.20. The summed E-state index contributed by atoms with van der Waals surface area (Å²) in [5, 5.41) is 40.1. The van der Waals surface area contributed by atoms with Crippen molar-refractivity contribution in [3.63, 3.8) is 0 Å². The van der Waals surface area contributed by atoms with Crippen LogP contribution in [-0.2, 0) is 9.59 Å². The second kappa shape index (κ2) is 8.42. The van der Waals surface area contributed by atoms with Gasteiger partial charge in [-0.3, -0.25) is 4.79 Å². The molecule has 0 bridgehead atoms. The van der Waals surface area contributed by atoms with Crippen LogP contribution in [0.5, 0.6) is 0 Å². The minimum Gasteiger partial charge on any atom is -0.481 e. The fraction of sp³-hybridized carbons (Fsp3) is 0.714. The van der Waals surface area contributed by atoms with Gasteiger partial charge in [-0.15, -0.1) is 0 Å². The van der Waals surface area contributed by atoms with Crippen LogP contribution < -0.4 is 0 Å². The van der Waals surface area contributed by atoms with Gasteiger partial charge >= 0.3 is 11.9 Å². The summed E-state index contributed by atoms with van der Waals surface area (Å²) >= 11 is 0. The van der Waals surface area contributed by atoms with E-state index in [1.54, 1.807) is 0 Å². The van der Waals surface area contributed by atoms with Crippen molar-refractivity contribution < 1.29 is 35.1 Å². The third-order valence-corrected chi connectivity index (χ3v) is 0.917. The molecule has 0 aliphatic heterocycles. The van der Waals surface area contributed by atoms with Gasteiger partial charge in [0.25, 0.3) is 0 Å².